The van der Waals surface area contributed by atoms with E-state index in [1.54, 1.807) is 0 Å². The smallest absolute Gasteiger partial charge is 0.0200 e. The van der Waals surface area contributed by atoms with Crippen LogP contribution in [-0.2, 0) is 0 Å². The Morgan fingerprint density at radius 2 is 1.38 bits per heavy atom. The minimum atomic E-state index is 0.831. The van der Waals surface area contributed by atoms with Gasteiger partial charge in [0.25, 0.3) is 0 Å². The van der Waals surface area contributed by atoms with Crippen LogP contribution >= 0.6 is 9.24 Å². The highest BCUT2D eigenvalue weighted by atomic mass is 31.0. The van der Waals surface area contributed by atoms with Crippen molar-refractivity contribution in [3.8, 4) is 0 Å². The molecule has 1 rings (SSSR count). The lowest BCUT2D eigenvalue weighted by Gasteiger charge is -2.02. The molecule has 0 spiro atoms. The van der Waals surface area contributed by atoms with Crippen LogP contribution in [0.2, 0.25) is 0 Å². The molecule has 8 heavy (non-hydrogen) atoms. The lowest BCUT2D eigenvalue weighted by Crippen LogP contribution is -1.91. The molecule has 0 heterocycles. The summed E-state index contributed by atoms with van der Waals surface area (Å²) in [5.41, 5.74) is 0.831. The summed E-state index contributed by atoms with van der Waals surface area (Å²) in [5.74, 6) is 0. The van der Waals surface area contributed by atoms with E-state index >= 15 is 0 Å². The van der Waals surface area contributed by atoms with Gasteiger partial charge in [-0.2, -0.15) is 0 Å². The maximum atomic E-state index is 3.68. The van der Waals surface area contributed by atoms with Crippen LogP contribution in [0.15, 0.2) is 0 Å². The molecule has 1 aliphatic carbocycles. The molecule has 0 amide bonds. The Hall–Kier alpha value is 0.430. The second-order valence-electron chi connectivity index (χ2n) is 2.69. The summed E-state index contributed by atoms with van der Waals surface area (Å²) >= 11 is 0. The molecular formula is C7H14P. The van der Waals surface area contributed by atoms with E-state index in [1.807, 2.05) is 0 Å². The second-order valence-corrected chi connectivity index (χ2v) is 3.50. The molecule has 0 N–H and O–H groups in total. The average molecular weight is 129 g/mol. The van der Waals surface area contributed by atoms with Crippen LogP contribution in [0.4, 0.5) is 0 Å². The number of hydrogen-bond acceptors (Lipinski definition) is 0. The largest absolute Gasteiger partial charge is 0.0958 e. The molecular weight excluding hydrogens is 115 g/mol. The molecule has 0 nitrogen and oxygen atoms in total. The first-order chi connectivity index (χ1) is 3.89. The second kappa shape index (κ2) is 3.45. The van der Waals surface area contributed by atoms with Gasteiger partial charge in [0.15, 0.2) is 0 Å². The van der Waals surface area contributed by atoms with E-state index in [4.69, 9.17) is 0 Å². The third-order valence-electron chi connectivity index (χ3n) is 1.86. The van der Waals surface area contributed by atoms with Gasteiger partial charge in [-0.25, -0.2) is 0 Å². The van der Waals surface area contributed by atoms with E-state index in [-0.39, 0.29) is 0 Å². The van der Waals surface area contributed by atoms with Gasteiger partial charge in [0, 0.05) is 0 Å². The molecule has 47 valence electrons. The highest BCUT2D eigenvalue weighted by Gasteiger charge is 2.05. The van der Waals surface area contributed by atoms with Crippen molar-refractivity contribution in [1.82, 2.24) is 0 Å². The Labute approximate surface area is 54.3 Å². The van der Waals surface area contributed by atoms with Crippen molar-refractivity contribution in [2.24, 2.45) is 0 Å². The molecule has 0 atom stereocenters. The van der Waals surface area contributed by atoms with Crippen LogP contribution in [0.5, 0.6) is 0 Å². The van der Waals surface area contributed by atoms with E-state index in [1.165, 1.54) is 38.5 Å². The third kappa shape index (κ3) is 2.13. The first kappa shape index (κ1) is 6.55. The quantitative estimate of drug-likeness (QED) is 0.348. The Balaban J connectivity index is 2.17. The van der Waals surface area contributed by atoms with Crippen molar-refractivity contribution in [2.75, 3.05) is 0 Å². The van der Waals surface area contributed by atoms with E-state index in [2.05, 4.69) is 9.24 Å². The molecule has 0 aromatic heterocycles. The van der Waals surface area contributed by atoms with Crippen molar-refractivity contribution in [1.29, 1.82) is 0 Å². The van der Waals surface area contributed by atoms with E-state index in [0.29, 0.717) is 0 Å². The zero-order chi connectivity index (χ0) is 5.82. The minimum Gasteiger partial charge on any atom is -0.0958 e. The fraction of sp³-hybridized carbons (Fsp3) is 1.00. The van der Waals surface area contributed by atoms with Gasteiger partial charge in [-0.15, -0.1) is 0 Å². The maximum Gasteiger partial charge on any atom is -0.0200 e. The van der Waals surface area contributed by atoms with Crippen molar-refractivity contribution >= 4 is 9.24 Å². The third-order valence-corrected chi connectivity index (χ3v) is 2.43. The predicted molar refractivity (Wildman–Crippen MR) is 39.8 cm³/mol. The van der Waals surface area contributed by atoms with Crippen LogP contribution < -0.4 is 0 Å². The maximum absolute atomic E-state index is 3.68. The molecule has 0 saturated heterocycles. The molecule has 1 heteroatoms. The molecule has 0 aromatic rings. The van der Waals surface area contributed by atoms with E-state index in [0.717, 1.165) is 5.66 Å². The summed E-state index contributed by atoms with van der Waals surface area (Å²) in [6.07, 6.45) is 8.60. The van der Waals surface area contributed by atoms with E-state index < -0.39 is 0 Å². The molecule has 0 aliphatic heterocycles. The van der Waals surface area contributed by atoms with Crippen molar-refractivity contribution < 1.29 is 0 Å². The SMILES string of the molecule is [PH]C1CCCCCC1. The molecule has 1 radical (unpaired) electrons. The normalized spacial score (nSPS) is 25.1. The summed E-state index contributed by atoms with van der Waals surface area (Å²) in [5, 5.41) is 0. The van der Waals surface area contributed by atoms with Crippen molar-refractivity contribution in [2.45, 2.75) is 44.2 Å². The Morgan fingerprint density at radius 1 is 0.875 bits per heavy atom. The summed E-state index contributed by atoms with van der Waals surface area (Å²) in [6.45, 7) is 0. The fourth-order valence-electron chi connectivity index (χ4n) is 1.28. The highest BCUT2D eigenvalue weighted by molar-refractivity contribution is 7.17. The van der Waals surface area contributed by atoms with Crippen LogP contribution in [0.25, 0.3) is 0 Å². The van der Waals surface area contributed by atoms with E-state index in [9.17, 15) is 0 Å². The molecule has 0 bridgehead atoms. The molecule has 0 aromatic carbocycles. The monoisotopic (exact) mass is 129 g/mol. The molecule has 1 aliphatic rings. The van der Waals surface area contributed by atoms with Crippen molar-refractivity contribution in [3.05, 3.63) is 0 Å². The van der Waals surface area contributed by atoms with Crippen LogP contribution in [0, 0.1) is 0 Å². The first-order valence-electron chi connectivity index (χ1n) is 3.61. The number of rotatable bonds is 0. The molecule has 0 unspecified atom stereocenters. The van der Waals surface area contributed by atoms with Crippen LogP contribution in [-0.4, -0.2) is 5.66 Å². The van der Waals surface area contributed by atoms with Gasteiger partial charge in [-0.3, -0.25) is 0 Å². The number of hydrogen-bond donors (Lipinski definition) is 0. The Morgan fingerprint density at radius 3 is 1.88 bits per heavy atom. The summed E-state index contributed by atoms with van der Waals surface area (Å²) in [4.78, 5) is 0. The first-order valence-corrected chi connectivity index (χ1v) is 4.18. The topological polar surface area (TPSA) is 0 Å². The molecule has 1 saturated carbocycles. The highest BCUT2D eigenvalue weighted by Crippen LogP contribution is 2.22. The summed E-state index contributed by atoms with van der Waals surface area (Å²) in [6, 6.07) is 0. The van der Waals surface area contributed by atoms with Crippen LogP contribution in [0.3, 0.4) is 0 Å². The zero-order valence-corrected chi connectivity index (χ0v) is 6.32. The average Bonchev–Trinajstić information content (AvgIpc) is 1.94. The Bertz CT molecular complexity index is 53.4. The molecule has 1 fully saturated rings. The van der Waals surface area contributed by atoms with Crippen LogP contribution in [0.1, 0.15) is 38.5 Å². The van der Waals surface area contributed by atoms with Crippen molar-refractivity contribution in [3.63, 3.8) is 0 Å². The van der Waals surface area contributed by atoms with Gasteiger partial charge in [-0.05, 0) is 18.5 Å². The zero-order valence-electron chi connectivity index (χ0n) is 5.32. The van der Waals surface area contributed by atoms with Gasteiger partial charge in [-0.1, -0.05) is 34.9 Å². The van der Waals surface area contributed by atoms with Gasteiger partial charge >= 0.3 is 0 Å². The predicted octanol–water partition coefficient (Wildman–Crippen LogP) is 2.85. The fourth-order valence-corrected chi connectivity index (χ4v) is 1.69. The standard InChI is InChI=1S/C7H14P/c8-7-5-3-1-2-4-6-7/h7-8H,1-6H2. The lowest BCUT2D eigenvalue weighted by molar-refractivity contribution is 0.702. The Kier molecular flexibility index (Phi) is 2.83. The van der Waals surface area contributed by atoms with Gasteiger partial charge in [0.1, 0.15) is 0 Å². The van der Waals surface area contributed by atoms with Gasteiger partial charge < -0.3 is 0 Å². The lowest BCUT2D eigenvalue weighted by atomic mass is 10.2. The summed E-state index contributed by atoms with van der Waals surface area (Å²) in [7, 11) is 3.68. The minimum absolute atomic E-state index is 0.831. The summed E-state index contributed by atoms with van der Waals surface area (Å²) < 4.78 is 0. The van der Waals surface area contributed by atoms with Gasteiger partial charge in [0.2, 0.25) is 0 Å². The van der Waals surface area contributed by atoms with Gasteiger partial charge in [0.05, 0.1) is 0 Å².